The van der Waals surface area contributed by atoms with Gasteiger partial charge in [-0.1, -0.05) is 6.07 Å². The maximum absolute atomic E-state index is 12.3. The fourth-order valence-electron chi connectivity index (χ4n) is 3.03. The fraction of sp³-hybridized carbons (Fsp3) is 0.500. The number of likely N-dealkylation sites (tertiary alicyclic amines) is 1. The molecule has 1 aromatic heterocycles. The van der Waals surface area contributed by atoms with E-state index >= 15 is 0 Å². The third kappa shape index (κ3) is 2.33. The topological polar surface area (TPSA) is 82.3 Å². The van der Waals surface area contributed by atoms with E-state index in [1.165, 1.54) is 6.07 Å². The summed E-state index contributed by atoms with van der Waals surface area (Å²) in [7, 11) is 0. The van der Waals surface area contributed by atoms with Crippen molar-refractivity contribution in [3.63, 3.8) is 0 Å². The van der Waals surface area contributed by atoms with Gasteiger partial charge in [0.05, 0.1) is 0 Å². The molecule has 0 bridgehead atoms. The first-order chi connectivity index (χ1) is 9.58. The molecule has 6 heteroatoms. The summed E-state index contributed by atoms with van der Waals surface area (Å²) < 4.78 is 0. The van der Waals surface area contributed by atoms with Crippen molar-refractivity contribution in [3.8, 4) is 0 Å². The summed E-state index contributed by atoms with van der Waals surface area (Å²) >= 11 is 0. The molecule has 106 valence electrons. The highest BCUT2D eigenvalue weighted by Gasteiger charge is 2.41. The van der Waals surface area contributed by atoms with Crippen molar-refractivity contribution in [2.75, 3.05) is 19.6 Å². The minimum atomic E-state index is -0.269. The van der Waals surface area contributed by atoms with Crippen LogP contribution in [0, 0.1) is 5.41 Å². The van der Waals surface area contributed by atoms with Crippen molar-refractivity contribution < 1.29 is 9.59 Å². The molecule has 0 saturated carbocycles. The first kappa shape index (κ1) is 12.9. The molecular weight excluding hydrogens is 258 g/mol. The van der Waals surface area contributed by atoms with Gasteiger partial charge in [0.1, 0.15) is 5.69 Å². The second kappa shape index (κ2) is 4.77. The van der Waals surface area contributed by atoms with Gasteiger partial charge in [0, 0.05) is 32.1 Å². The van der Waals surface area contributed by atoms with Crippen molar-refractivity contribution in [1.82, 2.24) is 15.2 Å². The van der Waals surface area contributed by atoms with Crippen molar-refractivity contribution in [1.29, 1.82) is 0 Å². The van der Waals surface area contributed by atoms with Crippen LogP contribution in [0.1, 0.15) is 29.8 Å². The Balaban J connectivity index is 1.68. The number of aromatic nitrogens is 1. The number of amides is 2. The van der Waals surface area contributed by atoms with Crippen molar-refractivity contribution >= 4 is 11.8 Å². The van der Waals surface area contributed by atoms with E-state index in [9.17, 15) is 14.4 Å². The van der Waals surface area contributed by atoms with Crippen LogP contribution in [-0.4, -0.2) is 41.3 Å². The first-order valence-electron chi connectivity index (χ1n) is 6.83. The SMILES string of the molecule is O=C1CC2(CCN(C(=O)c3cccc(=O)[nH]3)CC2)CN1. The minimum Gasteiger partial charge on any atom is -0.356 e. The molecule has 3 rings (SSSR count). The number of nitrogens with one attached hydrogen (secondary N) is 2. The van der Waals surface area contributed by atoms with E-state index in [1.807, 2.05) is 0 Å². The van der Waals surface area contributed by atoms with E-state index in [0.29, 0.717) is 25.2 Å². The Kier molecular flexibility index (Phi) is 3.08. The van der Waals surface area contributed by atoms with Gasteiger partial charge in [-0.3, -0.25) is 14.4 Å². The molecule has 2 amide bonds. The van der Waals surface area contributed by atoms with Gasteiger partial charge in [0.2, 0.25) is 11.5 Å². The van der Waals surface area contributed by atoms with Crippen LogP contribution in [0.5, 0.6) is 0 Å². The number of carbonyl (C=O) groups is 2. The van der Waals surface area contributed by atoms with Crippen LogP contribution >= 0.6 is 0 Å². The van der Waals surface area contributed by atoms with Crippen LogP contribution in [0.3, 0.4) is 0 Å². The number of hydrogen-bond acceptors (Lipinski definition) is 3. The van der Waals surface area contributed by atoms with E-state index in [2.05, 4.69) is 10.3 Å². The van der Waals surface area contributed by atoms with Gasteiger partial charge in [-0.15, -0.1) is 0 Å². The van der Waals surface area contributed by atoms with Gasteiger partial charge in [-0.05, 0) is 24.3 Å². The zero-order valence-corrected chi connectivity index (χ0v) is 11.1. The number of piperidine rings is 1. The van der Waals surface area contributed by atoms with Crippen LogP contribution in [0.4, 0.5) is 0 Å². The lowest BCUT2D eigenvalue weighted by molar-refractivity contribution is -0.119. The molecule has 2 fully saturated rings. The molecule has 1 spiro atoms. The molecule has 0 unspecified atom stereocenters. The quantitative estimate of drug-likeness (QED) is 0.763. The number of rotatable bonds is 1. The average Bonchev–Trinajstić information content (AvgIpc) is 2.80. The molecule has 2 aliphatic heterocycles. The summed E-state index contributed by atoms with van der Waals surface area (Å²) in [6, 6.07) is 4.59. The highest BCUT2D eigenvalue weighted by atomic mass is 16.2. The summed E-state index contributed by atoms with van der Waals surface area (Å²) in [5.41, 5.74) is 0.0850. The maximum atomic E-state index is 12.3. The summed E-state index contributed by atoms with van der Waals surface area (Å²) in [6.07, 6.45) is 2.22. The average molecular weight is 275 g/mol. The third-order valence-corrected chi connectivity index (χ3v) is 4.31. The monoisotopic (exact) mass is 275 g/mol. The molecule has 2 saturated heterocycles. The molecule has 0 aromatic carbocycles. The molecule has 3 heterocycles. The Hall–Kier alpha value is -2.11. The molecule has 2 aliphatic rings. The van der Waals surface area contributed by atoms with E-state index in [4.69, 9.17) is 0 Å². The van der Waals surface area contributed by atoms with E-state index in [1.54, 1.807) is 17.0 Å². The smallest absolute Gasteiger partial charge is 0.270 e. The predicted molar refractivity (Wildman–Crippen MR) is 72.3 cm³/mol. The van der Waals surface area contributed by atoms with Gasteiger partial charge in [0.15, 0.2) is 0 Å². The van der Waals surface area contributed by atoms with Crippen molar-refractivity contribution in [3.05, 3.63) is 34.2 Å². The molecule has 6 nitrogen and oxygen atoms in total. The van der Waals surface area contributed by atoms with E-state index in [0.717, 1.165) is 19.4 Å². The summed E-state index contributed by atoms with van der Waals surface area (Å²) in [5.74, 6) is -0.0352. The molecule has 0 radical (unpaired) electrons. The Morgan fingerprint density at radius 3 is 2.55 bits per heavy atom. The lowest BCUT2D eigenvalue weighted by Crippen LogP contribution is -2.44. The zero-order valence-electron chi connectivity index (χ0n) is 11.1. The Bertz CT molecular complexity index is 600. The normalized spacial score (nSPS) is 21.0. The molecule has 0 atom stereocenters. The summed E-state index contributed by atoms with van der Waals surface area (Å²) in [6.45, 7) is 1.98. The highest BCUT2D eigenvalue weighted by molar-refractivity contribution is 5.92. The molecular formula is C14H17N3O3. The lowest BCUT2D eigenvalue weighted by Gasteiger charge is -2.38. The van der Waals surface area contributed by atoms with Gasteiger partial charge in [-0.25, -0.2) is 0 Å². The van der Waals surface area contributed by atoms with Gasteiger partial charge >= 0.3 is 0 Å². The second-order valence-corrected chi connectivity index (χ2v) is 5.67. The maximum Gasteiger partial charge on any atom is 0.270 e. The number of aromatic amines is 1. The standard InChI is InChI=1S/C14H17N3O3/c18-11-3-1-2-10(16-11)13(20)17-6-4-14(5-7-17)8-12(19)15-9-14/h1-3H,4-9H2,(H,15,19)(H,16,18). The summed E-state index contributed by atoms with van der Waals surface area (Å²) in [5, 5.41) is 2.87. The van der Waals surface area contributed by atoms with Gasteiger partial charge in [0.25, 0.3) is 5.91 Å². The largest absolute Gasteiger partial charge is 0.356 e. The lowest BCUT2D eigenvalue weighted by atomic mass is 9.77. The van der Waals surface area contributed by atoms with Crippen LogP contribution in [0.15, 0.2) is 23.0 Å². The second-order valence-electron chi connectivity index (χ2n) is 5.67. The Labute approximate surface area is 116 Å². The number of hydrogen-bond donors (Lipinski definition) is 2. The van der Waals surface area contributed by atoms with Crippen molar-refractivity contribution in [2.45, 2.75) is 19.3 Å². The number of nitrogens with zero attached hydrogens (tertiary/aromatic N) is 1. The number of carbonyl (C=O) groups excluding carboxylic acids is 2. The Morgan fingerprint density at radius 1 is 1.20 bits per heavy atom. The third-order valence-electron chi connectivity index (χ3n) is 4.31. The number of pyridine rings is 1. The predicted octanol–water partition coefficient (Wildman–Crippen LogP) is 0.117. The minimum absolute atomic E-state index is 0.0258. The molecule has 2 N–H and O–H groups in total. The van der Waals surface area contributed by atoms with Gasteiger partial charge in [-0.2, -0.15) is 0 Å². The van der Waals surface area contributed by atoms with Crippen LogP contribution in [-0.2, 0) is 4.79 Å². The van der Waals surface area contributed by atoms with Gasteiger partial charge < -0.3 is 15.2 Å². The van der Waals surface area contributed by atoms with Crippen LogP contribution in [0.25, 0.3) is 0 Å². The molecule has 1 aromatic rings. The first-order valence-corrected chi connectivity index (χ1v) is 6.83. The van der Waals surface area contributed by atoms with E-state index < -0.39 is 0 Å². The van der Waals surface area contributed by atoms with Crippen LogP contribution in [0.2, 0.25) is 0 Å². The van der Waals surface area contributed by atoms with Crippen LogP contribution < -0.4 is 10.9 Å². The number of H-pyrrole nitrogens is 1. The molecule has 0 aliphatic carbocycles. The highest BCUT2D eigenvalue weighted by Crippen LogP contribution is 2.37. The van der Waals surface area contributed by atoms with E-state index in [-0.39, 0.29) is 22.8 Å². The van der Waals surface area contributed by atoms with Crippen molar-refractivity contribution in [2.24, 2.45) is 5.41 Å². The zero-order chi connectivity index (χ0) is 14.2. The Morgan fingerprint density at radius 2 is 1.95 bits per heavy atom. The molecule has 20 heavy (non-hydrogen) atoms. The summed E-state index contributed by atoms with van der Waals surface area (Å²) in [4.78, 5) is 39.2. The fourth-order valence-corrected chi connectivity index (χ4v) is 3.03.